The Bertz CT molecular complexity index is 535. The zero-order valence-electron chi connectivity index (χ0n) is 9.54. The van der Waals surface area contributed by atoms with Gasteiger partial charge in [0.05, 0.1) is 25.9 Å². The van der Waals surface area contributed by atoms with Gasteiger partial charge in [0.2, 0.25) is 0 Å². The molecule has 0 radical (unpaired) electrons. The van der Waals surface area contributed by atoms with E-state index in [1.807, 2.05) is 18.2 Å². The van der Waals surface area contributed by atoms with Crippen LogP contribution in [0.25, 0.3) is 0 Å². The second-order valence-corrected chi connectivity index (χ2v) is 4.58. The van der Waals surface area contributed by atoms with Crippen LogP contribution in [0, 0.1) is 0 Å². The van der Waals surface area contributed by atoms with E-state index in [1.165, 1.54) is 11.1 Å². The maximum absolute atomic E-state index is 10.8. The summed E-state index contributed by atoms with van der Waals surface area (Å²) in [5.74, 6) is 0. The number of fused-ring (bicyclic) bond motifs is 2. The highest BCUT2D eigenvalue weighted by atomic mass is 16.5. The lowest BCUT2D eigenvalue weighted by molar-refractivity contribution is -0.129. The summed E-state index contributed by atoms with van der Waals surface area (Å²) >= 11 is 0. The first-order chi connectivity index (χ1) is 8.64. The van der Waals surface area contributed by atoms with E-state index in [-0.39, 0.29) is 0 Å². The number of hydrogen-bond donors (Lipinski definition) is 2. The number of carbonyl (C=O) groups is 1. The van der Waals surface area contributed by atoms with Crippen LogP contribution < -0.4 is 0 Å². The molecule has 0 saturated carbocycles. The van der Waals surface area contributed by atoms with Gasteiger partial charge in [-0.25, -0.2) is 4.79 Å². The van der Waals surface area contributed by atoms with Crippen LogP contribution in [-0.4, -0.2) is 40.6 Å². The summed E-state index contributed by atoms with van der Waals surface area (Å²) in [5, 5.41) is 20.3. The number of oxime groups is 1. The van der Waals surface area contributed by atoms with Gasteiger partial charge in [0.25, 0.3) is 0 Å². The van der Waals surface area contributed by atoms with Crippen LogP contribution in [0.15, 0.2) is 23.4 Å². The summed E-state index contributed by atoms with van der Waals surface area (Å²) in [7, 11) is 0. The van der Waals surface area contributed by atoms with Crippen molar-refractivity contribution < 1.29 is 19.8 Å². The van der Waals surface area contributed by atoms with Crippen LogP contribution in [0.3, 0.4) is 0 Å². The van der Waals surface area contributed by atoms with Gasteiger partial charge in [0.15, 0.2) is 0 Å². The third-order valence-corrected chi connectivity index (χ3v) is 3.49. The molecule has 2 heterocycles. The second kappa shape index (κ2) is 3.71. The largest absolute Gasteiger partial charge is 0.465 e. The topological polar surface area (TPSA) is 82.4 Å². The van der Waals surface area contributed by atoms with E-state index >= 15 is 0 Å². The summed E-state index contributed by atoms with van der Waals surface area (Å²) in [6.45, 7) is 1.22. The van der Waals surface area contributed by atoms with Crippen LogP contribution in [0.4, 0.5) is 4.79 Å². The first-order valence-electron chi connectivity index (χ1n) is 5.57. The number of rotatable bonds is 1. The molecule has 0 atom stereocenters. The van der Waals surface area contributed by atoms with E-state index in [4.69, 9.17) is 15.1 Å². The summed E-state index contributed by atoms with van der Waals surface area (Å²) in [6.07, 6.45) is 0.442. The Morgan fingerprint density at radius 2 is 2.28 bits per heavy atom. The molecule has 2 aliphatic rings. The quantitative estimate of drug-likeness (QED) is 0.444. The van der Waals surface area contributed by atoms with Crippen LogP contribution in [0.1, 0.15) is 16.7 Å². The van der Waals surface area contributed by atoms with E-state index in [0.29, 0.717) is 19.7 Å². The molecule has 1 fully saturated rings. The third kappa shape index (κ3) is 1.46. The van der Waals surface area contributed by atoms with Crippen molar-refractivity contribution in [2.75, 3.05) is 13.1 Å². The molecule has 6 nitrogen and oxygen atoms in total. The Morgan fingerprint density at radius 3 is 2.94 bits per heavy atom. The number of benzene rings is 1. The molecule has 0 aliphatic carbocycles. The predicted molar refractivity (Wildman–Crippen MR) is 61.9 cm³/mol. The van der Waals surface area contributed by atoms with E-state index in [1.54, 1.807) is 0 Å². The van der Waals surface area contributed by atoms with Crippen molar-refractivity contribution in [3.63, 3.8) is 0 Å². The van der Waals surface area contributed by atoms with Crippen molar-refractivity contribution in [3.05, 3.63) is 34.9 Å². The van der Waals surface area contributed by atoms with E-state index in [9.17, 15) is 4.79 Å². The number of amides is 1. The van der Waals surface area contributed by atoms with Crippen LogP contribution in [-0.2, 0) is 16.9 Å². The van der Waals surface area contributed by atoms with Gasteiger partial charge in [-0.15, -0.1) is 0 Å². The highest BCUT2D eigenvalue weighted by Crippen LogP contribution is 2.43. The van der Waals surface area contributed by atoms with Gasteiger partial charge >= 0.3 is 6.09 Å². The number of carboxylic acid groups (broad SMARTS) is 1. The smallest absolute Gasteiger partial charge is 0.407 e. The fraction of sp³-hybridized carbons (Fsp3) is 0.333. The van der Waals surface area contributed by atoms with Crippen molar-refractivity contribution in [1.29, 1.82) is 0 Å². The minimum absolute atomic E-state index is 0.378. The van der Waals surface area contributed by atoms with Crippen molar-refractivity contribution >= 4 is 12.3 Å². The van der Waals surface area contributed by atoms with Gasteiger partial charge < -0.3 is 20.0 Å². The van der Waals surface area contributed by atoms with Gasteiger partial charge in [-0.3, -0.25) is 0 Å². The lowest BCUT2D eigenvalue weighted by atomic mass is 9.85. The average molecular weight is 248 g/mol. The first-order valence-corrected chi connectivity index (χ1v) is 5.57. The molecule has 0 unspecified atom stereocenters. The molecule has 1 saturated heterocycles. The van der Waals surface area contributed by atoms with Crippen LogP contribution in [0.2, 0.25) is 0 Å². The number of hydrogen-bond acceptors (Lipinski definition) is 4. The molecular formula is C12H12N2O4. The van der Waals surface area contributed by atoms with Crippen molar-refractivity contribution in [3.8, 4) is 0 Å². The fourth-order valence-electron chi connectivity index (χ4n) is 2.59. The Hall–Kier alpha value is -2.08. The van der Waals surface area contributed by atoms with Crippen LogP contribution >= 0.6 is 0 Å². The van der Waals surface area contributed by atoms with Crippen molar-refractivity contribution in [2.24, 2.45) is 5.16 Å². The Labute approximate surface area is 103 Å². The first kappa shape index (κ1) is 11.0. The Kier molecular flexibility index (Phi) is 2.27. The molecule has 3 rings (SSSR count). The lowest BCUT2D eigenvalue weighted by Gasteiger charge is -2.45. The zero-order chi connectivity index (χ0) is 12.8. The molecule has 18 heavy (non-hydrogen) atoms. The zero-order valence-corrected chi connectivity index (χ0v) is 9.54. The Morgan fingerprint density at radius 1 is 1.50 bits per heavy atom. The van der Waals surface area contributed by atoms with Gasteiger partial charge in [-0.1, -0.05) is 17.3 Å². The maximum atomic E-state index is 10.8. The number of ether oxygens (including phenoxy) is 1. The minimum atomic E-state index is -0.915. The average Bonchev–Trinajstić information content (AvgIpc) is 2.66. The van der Waals surface area contributed by atoms with Crippen molar-refractivity contribution in [1.82, 2.24) is 4.90 Å². The van der Waals surface area contributed by atoms with Crippen LogP contribution in [0.5, 0.6) is 0 Å². The van der Waals surface area contributed by atoms with Crippen molar-refractivity contribution in [2.45, 2.75) is 12.2 Å². The van der Waals surface area contributed by atoms with Gasteiger partial charge in [0, 0.05) is 0 Å². The molecule has 2 N–H and O–H groups in total. The lowest BCUT2D eigenvalue weighted by Crippen LogP contribution is -2.60. The van der Waals surface area contributed by atoms with Gasteiger partial charge in [0.1, 0.15) is 5.60 Å². The molecule has 6 heteroatoms. The minimum Gasteiger partial charge on any atom is -0.465 e. The molecule has 94 valence electrons. The molecule has 1 spiro atoms. The van der Waals surface area contributed by atoms with Gasteiger partial charge in [-0.05, 0) is 22.8 Å². The Balaban J connectivity index is 1.88. The highest BCUT2D eigenvalue weighted by molar-refractivity contribution is 5.79. The molecule has 1 amide bonds. The molecule has 1 aromatic rings. The van der Waals surface area contributed by atoms with E-state index < -0.39 is 11.7 Å². The number of likely N-dealkylation sites (tertiary alicyclic amines) is 1. The number of nitrogens with zero attached hydrogens (tertiary/aromatic N) is 2. The third-order valence-electron chi connectivity index (χ3n) is 3.49. The molecule has 1 aromatic carbocycles. The summed E-state index contributed by atoms with van der Waals surface area (Å²) in [4.78, 5) is 12.1. The fourth-order valence-corrected chi connectivity index (χ4v) is 2.59. The monoisotopic (exact) mass is 248 g/mol. The van der Waals surface area contributed by atoms with E-state index in [2.05, 4.69) is 5.16 Å². The summed E-state index contributed by atoms with van der Waals surface area (Å²) in [5.41, 5.74) is 2.39. The highest BCUT2D eigenvalue weighted by Gasteiger charge is 2.51. The van der Waals surface area contributed by atoms with Gasteiger partial charge in [-0.2, -0.15) is 0 Å². The summed E-state index contributed by atoms with van der Waals surface area (Å²) < 4.78 is 5.75. The predicted octanol–water partition coefficient (Wildman–Crippen LogP) is 1.21. The second-order valence-electron chi connectivity index (χ2n) is 4.58. The molecule has 0 aromatic heterocycles. The summed E-state index contributed by atoms with van der Waals surface area (Å²) in [6, 6.07) is 5.64. The molecule has 0 bridgehead atoms. The standard InChI is InChI=1S/C12H12N2O4/c15-11(16)14-6-12(7-14)10-2-1-8(4-13-17)3-9(10)5-18-12/h1-4,17H,5-7H2,(H,15,16)/b13-4+. The molecule has 2 aliphatic heterocycles. The van der Waals surface area contributed by atoms with E-state index in [0.717, 1.165) is 16.7 Å². The SMILES string of the molecule is O=C(O)N1CC2(C1)OCc1cc(/C=N/O)ccc12. The normalized spacial score (nSPS) is 20.1. The maximum Gasteiger partial charge on any atom is 0.407 e. The molecular weight excluding hydrogens is 236 g/mol.